The zero-order valence-electron chi connectivity index (χ0n) is 21.2. The number of hydrogen-bond donors (Lipinski definition) is 1. The van der Waals surface area contributed by atoms with Crippen molar-refractivity contribution < 1.29 is 26.4 Å². The smallest absolute Gasteiger partial charge is 0.243 e. The summed E-state index contributed by atoms with van der Waals surface area (Å²) in [4.78, 5) is 15.4. The number of sulfonamides is 2. The molecule has 37 heavy (non-hydrogen) atoms. The summed E-state index contributed by atoms with van der Waals surface area (Å²) in [6.07, 6.45) is 1.13. The number of carbonyl (C=O) groups excluding carboxylic acids is 1. The van der Waals surface area contributed by atoms with E-state index < -0.39 is 26.0 Å². The second kappa shape index (κ2) is 11.5. The van der Waals surface area contributed by atoms with Gasteiger partial charge >= 0.3 is 0 Å². The molecule has 2 aromatic carbocycles. The van der Waals surface area contributed by atoms with Gasteiger partial charge in [0.05, 0.1) is 22.3 Å². The molecule has 0 saturated carbocycles. The highest BCUT2D eigenvalue weighted by Crippen LogP contribution is 2.26. The van der Waals surface area contributed by atoms with Crippen LogP contribution in [0.25, 0.3) is 0 Å². The van der Waals surface area contributed by atoms with Crippen molar-refractivity contribution in [3.8, 4) is 5.75 Å². The lowest BCUT2D eigenvalue weighted by Crippen LogP contribution is -2.47. The van der Waals surface area contributed by atoms with Gasteiger partial charge in [0, 0.05) is 45.0 Å². The molecule has 1 unspecified atom stereocenters. The Balaban J connectivity index is 1.38. The number of nitrogens with zero attached hydrogens (tertiary/aromatic N) is 3. The molecule has 2 fully saturated rings. The van der Waals surface area contributed by atoms with E-state index in [1.54, 1.807) is 24.3 Å². The van der Waals surface area contributed by atoms with Crippen LogP contribution in [0.1, 0.15) is 19.8 Å². The van der Waals surface area contributed by atoms with Crippen molar-refractivity contribution in [2.75, 3.05) is 58.2 Å². The second-order valence-corrected chi connectivity index (χ2v) is 13.2. The maximum atomic E-state index is 13.2. The molecule has 0 radical (unpaired) electrons. The average molecular weight is 551 g/mol. The number of hydrogen-bond acceptors (Lipinski definition) is 7. The fourth-order valence-corrected chi connectivity index (χ4v) is 7.48. The van der Waals surface area contributed by atoms with Crippen molar-refractivity contribution in [3.63, 3.8) is 0 Å². The van der Waals surface area contributed by atoms with Crippen molar-refractivity contribution in [2.45, 2.75) is 29.6 Å². The SMILES string of the molecule is CCOc1ccc(S(=O)(=O)N2CCCC(C(=O)Nc3ccc(S(=O)(=O)N4CCN(C)CC4)cc3)C2)cc1. The van der Waals surface area contributed by atoms with E-state index in [2.05, 4.69) is 10.2 Å². The first-order chi connectivity index (χ1) is 17.6. The number of amides is 1. The van der Waals surface area contributed by atoms with Crippen LogP contribution < -0.4 is 10.1 Å². The summed E-state index contributed by atoms with van der Waals surface area (Å²) in [6, 6.07) is 12.4. The molecule has 4 rings (SSSR count). The molecule has 2 aromatic rings. The normalized spacial score (nSPS) is 20.4. The van der Waals surface area contributed by atoms with Gasteiger partial charge in [-0.1, -0.05) is 0 Å². The van der Waals surface area contributed by atoms with Gasteiger partial charge in [-0.15, -0.1) is 0 Å². The van der Waals surface area contributed by atoms with Crippen LogP contribution in [-0.4, -0.2) is 89.2 Å². The van der Waals surface area contributed by atoms with Crippen LogP contribution in [-0.2, 0) is 24.8 Å². The van der Waals surface area contributed by atoms with E-state index in [4.69, 9.17) is 4.74 Å². The number of piperidine rings is 1. The van der Waals surface area contributed by atoms with E-state index >= 15 is 0 Å². The minimum atomic E-state index is -3.75. The summed E-state index contributed by atoms with van der Waals surface area (Å²) in [6.45, 7) is 5.01. The standard InChI is InChI=1S/C25H34N4O6S2/c1-3-35-22-8-12-24(13-9-22)37(33,34)29-14-4-5-20(19-29)25(30)26-21-6-10-23(11-7-21)36(31,32)28-17-15-27(2)16-18-28/h6-13,20H,3-5,14-19H2,1-2H3,(H,26,30). The number of likely N-dealkylation sites (N-methyl/N-ethyl adjacent to an activating group) is 1. The molecular weight excluding hydrogens is 516 g/mol. The summed E-state index contributed by atoms with van der Waals surface area (Å²) >= 11 is 0. The minimum absolute atomic E-state index is 0.0806. The Morgan fingerprint density at radius 3 is 2.03 bits per heavy atom. The lowest BCUT2D eigenvalue weighted by molar-refractivity contribution is -0.120. The average Bonchev–Trinajstić information content (AvgIpc) is 2.90. The molecule has 10 nitrogen and oxygen atoms in total. The van der Waals surface area contributed by atoms with Crippen LogP contribution in [0.3, 0.4) is 0 Å². The van der Waals surface area contributed by atoms with Crippen molar-refractivity contribution in [1.82, 2.24) is 13.5 Å². The zero-order chi connectivity index (χ0) is 26.6. The summed E-state index contributed by atoms with van der Waals surface area (Å²) in [5.41, 5.74) is 0.467. The van der Waals surface area contributed by atoms with Gasteiger partial charge in [0.15, 0.2) is 0 Å². The lowest BCUT2D eigenvalue weighted by atomic mass is 9.99. The Kier molecular flexibility index (Phi) is 8.54. The first-order valence-electron chi connectivity index (χ1n) is 12.4. The van der Waals surface area contributed by atoms with Crippen LogP contribution in [0.5, 0.6) is 5.75 Å². The molecule has 0 aromatic heterocycles. The third-order valence-corrected chi connectivity index (χ3v) is 10.5. The van der Waals surface area contributed by atoms with Crippen LogP contribution in [0.2, 0.25) is 0 Å². The van der Waals surface area contributed by atoms with Gasteiger partial charge in [0.2, 0.25) is 26.0 Å². The Morgan fingerprint density at radius 2 is 1.43 bits per heavy atom. The van der Waals surface area contributed by atoms with E-state index in [9.17, 15) is 21.6 Å². The van der Waals surface area contributed by atoms with Gasteiger partial charge in [0.25, 0.3) is 0 Å². The predicted octanol–water partition coefficient (Wildman–Crippen LogP) is 2.06. The maximum absolute atomic E-state index is 13.2. The molecule has 0 bridgehead atoms. The molecule has 2 aliphatic heterocycles. The van der Waals surface area contributed by atoms with Crippen LogP contribution in [0.4, 0.5) is 5.69 Å². The zero-order valence-corrected chi connectivity index (χ0v) is 22.8. The third kappa shape index (κ3) is 6.32. The summed E-state index contributed by atoms with van der Waals surface area (Å²) in [7, 11) is -5.38. The van der Waals surface area contributed by atoms with Gasteiger partial charge in [-0.3, -0.25) is 4.79 Å². The number of rotatable bonds is 8. The van der Waals surface area contributed by atoms with Gasteiger partial charge in [0.1, 0.15) is 5.75 Å². The number of anilines is 1. The van der Waals surface area contributed by atoms with Crippen LogP contribution in [0.15, 0.2) is 58.3 Å². The summed E-state index contributed by atoms with van der Waals surface area (Å²) < 4.78 is 60.4. The Morgan fingerprint density at radius 1 is 0.865 bits per heavy atom. The monoisotopic (exact) mass is 550 g/mol. The first kappa shape index (κ1) is 27.5. The van der Waals surface area contributed by atoms with Crippen molar-refractivity contribution >= 4 is 31.6 Å². The fraction of sp³-hybridized carbons (Fsp3) is 0.480. The van der Waals surface area contributed by atoms with Crippen molar-refractivity contribution in [3.05, 3.63) is 48.5 Å². The third-order valence-electron chi connectivity index (χ3n) is 6.75. The molecule has 1 N–H and O–H groups in total. The lowest BCUT2D eigenvalue weighted by Gasteiger charge is -2.31. The summed E-state index contributed by atoms with van der Waals surface area (Å²) in [5.74, 6) is -0.207. The largest absolute Gasteiger partial charge is 0.494 e. The highest BCUT2D eigenvalue weighted by molar-refractivity contribution is 7.89. The molecule has 2 aliphatic rings. The molecule has 2 saturated heterocycles. The molecule has 202 valence electrons. The second-order valence-electron chi connectivity index (χ2n) is 9.33. The minimum Gasteiger partial charge on any atom is -0.494 e. The van der Waals surface area contributed by atoms with Gasteiger partial charge < -0.3 is 15.0 Å². The highest BCUT2D eigenvalue weighted by atomic mass is 32.2. The maximum Gasteiger partial charge on any atom is 0.243 e. The molecule has 0 aliphatic carbocycles. The summed E-state index contributed by atoms with van der Waals surface area (Å²) in [5, 5.41) is 2.82. The van der Waals surface area contributed by atoms with E-state index in [-0.39, 0.29) is 22.2 Å². The number of ether oxygens (including phenoxy) is 1. The predicted molar refractivity (Wildman–Crippen MR) is 140 cm³/mol. The van der Waals surface area contributed by atoms with Gasteiger partial charge in [-0.2, -0.15) is 8.61 Å². The van der Waals surface area contributed by atoms with E-state index in [0.717, 1.165) is 0 Å². The molecule has 2 heterocycles. The number of benzene rings is 2. The van der Waals surface area contributed by atoms with Crippen LogP contribution >= 0.6 is 0 Å². The van der Waals surface area contributed by atoms with E-state index in [0.29, 0.717) is 63.6 Å². The first-order valence-corrected chi connectivity index (χ1v) is 15.3. The topological polar surface area (TPSA) is 116 Å². The van der Waals surface area contributed by atoms with E-state index in [1.165, 1.54) is 32.9 Å². The van der Waals surface area contributed by atoms with Gasteiger partial charge in [-0.25, -0.2) is 16.8 Å². The number of nitrogens with one attached hydrogen (secondary N) is 1. The number of carbonyl (C=O) groups is 1. The molecule has 1 atom stereocenters. The molecule has 1 amide bonds. The Hall–Kier alpha value is -2.51. The van der Waals surface area contributed by atoms with E-state index in [1.807, 2.05) is 14.0 Å². The molecule has 12 heteroatoms. The number of piperazine rings is 1. The molecule has 0 spiro atoms. The Labute approximate surface area is 219 Å². The Bertz CT molecular complexity index is 1290. The quantitative estimate of drug-likeness (QED) is 0.535. The van der Waals surface area contributed by atoms with Crippen LogP contribution in [0, 0.1) is 5.92 Å². The van der Waals surface area contributed by atoms with Gasteiger partial charge in [-0.05, 0) is 75.3 Å². The molecular formula is C25H34N4O6S2. The fourth-order valence-electron chi connectivity index (χ4n) is 4.53. The van der Waals surface area contributed by atoms with Crippen molar-refractivity contribution in [2.24, 2.45) is 5.92 Å². The highest BCUT2D eigenvalue weighted by Gasteiger charge is 2.33. The van der Waals surface area contributed by atoms with Crippen molar-refractivity contribution in [1.29, 1.82) is 0 Å².